The molecule has 2 aromatic rings. The van der Waals surface area contributed by atoms with E-state index in [0.29, 0.717) is 16.8 Å². The second-order valence-electron chi connectivity index (χ2n) is 7.32. The van der Waals surface area contributed by atoms with Crippen LogP contribution in [-0.4, -0.2) is 16.6 Å². The summed E-state index contributed by atoms with van der Waals surface area (Å²) in [4.78, 5) is 0. The summed E-state index contributed by atoms with van der Waals surface area (Å²) >= 11 is 0. The second kappa shape index (κ2) is 8.09. The third-order valence-corrected chi connectivity index (χ3v) is 9.78. The molecule has 1 atom stereocenters. The summed E-state index contributed by atoms with van der Waals surface area (Å²) in [7, 11) is 0.0920. The van der Waals surface area contributed by atoms with E-state index in [1.54, 1.807) is 12.1 Å². The van der Waals surface area contributed by atoms with E-state index in [1.165, 1.54) is 36.8 Å². The largest absolute Gasteiger partial charge is 0.204 e. The van der Waals surface area contributed by atoms with E-state index >= 15 is 0 Å². The van der Waals surface area contributed by atoms with E-state index in [9.17, 15) is 17.6 Å². The Kier molecular flexibility index (Phi) is 6.13. The minimum absolute atomic E-state index is 0.0358. The molecule has 1 unspecified atom stereocenters. The van der Waals surface area contributed by atoms with Crippen LogP contribution >= 0.6 is 16.1 Å². The molecule has 2 aromatic carbocycles. The van der Waals surface area contributed by atoms with Gasteiger partial charge in [-0.25, -0.2) is 17.6 Å². The summed E-state index contributed by atoms with van der Waals surface area (Å²) in [6.07, 6.45) is 1.49. The molecule has 0 saturated heterocycles. The molecule has 148 valence electrons. The summed E-state index contributed by atoms with van der Waals surface area (Å²) in [5.41, 5.74) is 2.64. The molecule has 28 heavy (non-hydrogen) atoms. The van der Waals surface area contributed by atoms with Crippen LogP contribution in [0.5, 0.6) is 0 Å². The van der Waals surface area contributed by atoms with Crippen LogP contribution in [0.15, 0.2) is 47.5 Å². The van der Waals surface area contributed by atoms with Crippen molar-refractivity contribution < 1.29 is 17.6 Å². The summed E-state index contributed by atoms with van der Waals surface area (Å²) in [6.45, 7) is 8.58. The summed E-state index contributed by atoms with van der Waals surface area (Å²) in [6, 6.07) is 7.66. The molecule has 1 aliphatic rings. The van der Waals surface area contributed by atoms with Gasteiger partial charge in [-0.15, -0.1) is 0 Å². The third-order valence-electron chi connectivity index (χ3n) is 5.58. The highest BCUT2D eigenvalue weighted by Crippen LogP contribution is 2.47. The van der Waals surface area contributed by atoms with Crippen molar-refractivity contribution in [3.05, 3.63) is 70.8 Å². The molecule has 3 rings (SSSR count). The Labute approximate surface area is 166 Å². The van der Waals surface area contributed by atoms with Gasteiger partial charge in [0.05, 0.1) is 0 Å². The number of hydrogen-bond acceptors (Lipinski definition) is 0. The molecule has 0 N–H and O–H groups in total. The van der Waals surface area contributed by atoms with Crippen molar-refractivity contribution in [1.29, 1.82) is 0 Å². The monoisotopic (exact) mass is 424 g/mol. The highest BCUT2D eigenvalue weighted by atomic mass is 31.1. The van der Waals surface area contributed by atoms with Crippen molar-refractivity contribution in [3.63, 3.8) is 0 Å². The SMILES string of the molecule is CC1=PC(C)(CCP(c2ccc(F)c(F)c2)c2ccc(F)c(F)c2)C(C)=C1C. The minimum atomic E-state index is -1.15. The van der Waals surface area contributed by atoms with Crippen LogP contribution in [0.2, 0.25) is 0 Å². The lowest BCUT2D eigenvalue weighted by molar-refractivity contribution is 0.509. The Hall–Kier alpha value is -1.50. The lowest BCUT2D eigenvalue weighted by Gasteiger charge is -2.27. The van der Waals surface area contributed by atoms with Gasteiger partial charge in [-0.2, -0.15) is 0 Å². The highest BCUT2D eigenvalue weighted by molar-refractivity contribution is 7.73. The van der Waals surface area contributed by atoms with Crippen molar-refractivity contribution >= 4 is 32.0 Å². The molecule has 0 nitrogen and oxygen atoms in total. The fraction of sp³-hybridized carbons (Fsp3) is 0.318. The molecule has 0 aliphatic carbocycles. The van der Waals surface area contributed by atoms with Crippen molar-refractivity contribution in [1.82, 2.24) is 0 Å². The summed E-state index contributed by atoms with van der Waals surface area (Å²) < 4.78 is 54.6. The van der Waals surface area contributed by atoms with Crippen molar-refractivity contribution in [2.24, 2.45) is 0 Å². The maximum absolute atomic E-state index is 13.9. The molecule has 0 amide bonds. The Morgan fingerprint density at radius 1 is 0.821 bits per heavy atom. The Balaban J connectivity index is 1.97. The van der Waals surface area contributed by atoms with Gasteiger partial charge >= 0.3 is 0 Å². The molecule has 0 saturated carbocycles. The van der Waals surface area contributed by atoms with E-state index in [1.807, 2.05) is 0 Å². The van der Waals surface area contributed by atoms with Gasteiger partial charge in [0.2, 0.25) is 0 Å². The molecular formula is C22H22F4P2. The first-order valence-corrected chi connectivity index (χ1v) is 11.5. The van der Waals surface area contributed by atoms with Crippen molar-refractivity contribution in [2.45, 2.75) is 39.3 Å². The topological polar surface area (TPSA) is 0 Å². The predicted molar refractivity (Wildman–Crippen MR) is 113 cm³/mol. The third kappa shape index (κ3) is 4.09. The molecule has 0 spiro atoms. The lowest BCUT2D eigenvalue weighted by Crippen LogP contribution is -2.23. The number of benzene rings is 2. The molecule has 0 fully saturated rings. The average Bonchev–Trinajstić information content (AvgIpc) is 2.84. The average molecular weight is 424 g/mol. The zero-order chi connectivity index (χ0) is 20.6. The quantitative estimate of drug-likeness (QED) is 0.390. The standard InChI is InChI=1S/C22H22F4P2/c1-13-14(2)22(4,27-15(13)3)9-10-28(16-5-7-18(23)20(25)11-16)17-6-8-19(24)21(26)12-17/h5-8,11-12H,9-10H2,1-4H3. The van der Waals surface area contributed by atoms with Crippen LogP contribution < -0.4 is 10.6 Å². The highest BCUT2D eigenvalue weighted by Gasteiger charge is 2.32. The van der Waals surface area contributed by atoms with Gasteiger partial charge in [0, 0.05) is 5.16 Å². The number of halogens is 4. The van der Waals surface area contributed by atoms with Gasteiger partial charge < -0.3 is 0 Å². The summed E-state index contributed by atoms with van der Waals surface area (Å²) in [5.74, 6) is -3.67. The van der Waals surface area contributed by atoms with E-state index in [0.717, 1.165) is 18.6 Å². The molecule has 1 aliphatic heterocycles. The predicted octanol–water partition coefficient (Wildman–Crippen LogP) is 6.31. The van der Waals surface area contributed by atoms with Gasteiger partial charge in [0.25, 0.3) is 0 Å². The first kappa shape index (κ1) is 21.2. The molecule has 1 heterocycles. The van der Waals surface area contributed by atoms with Gasteiger partial charge in [-0.1, -0.05) is 25.9 Å². The van der Waals surface area contributed by atoms with Gasteiger partial charge in [0.15, 0.2) is 23.3 Å². The molecule has 0 radical (unpaired) electrons. The Bertz CT molecular complexity index is 929. The van der Waals surface area contributed by atoms with Crippen LogP contribution in [0, 0.1) is 23.3 Å². The van der Waals surface area contributed by atoms with Crippen LogP contribution in [-0.2, 0) is 0 Å². The van der Waals surface area contributed by atoms with E-state index in [4.69, 9.17) is 0 Å². The van der Waals surface area contributed by atoms with Crippen LogP contribution in [0.1, 0.15) is 34.1 Å². The Morgan fingerprint density at radius 3 is 1.71 bits per heavy atom. The zero-order valence-electron chi connectivity index (χ0n) is 16.3. The van der Waals surface area contributed by atoms with Crippen molar-refractivity contribution in [3.8, 4) is 0 Å². The zero-order valence-corrected chi connectivity index (χ0v) is 18.1. The smallest absolute Gasteiger partial charge is 0.159 e. The van der Waals surface area contributed by atoms with Gasteiger partial charge in [-0.3, -0.25) is 0 Å². The van der Waals surface area contributed by atoms with Crippen LogP contribution in [0.25, 0.3) is 0 Å². The number of rotatable bonds is 5. The maximum atomic E-state index is 13.9. The first-order chi connectivity index (χ1) is 13.1. The number of allylic oxidation sites excluding steroid dienone is 2. The van der Waals surface area contributed by atoms with E-state index in [-0.39, 0.29) is 5.16 Å². The molecule has 0 bridgehead atoms. The van der Waals surface area contributed by atoms with Gasteiger partial charge in [-0.05, 0) is 93.9 Å². The minimum Gasteiger partial charge on any atom is -0.204 e. The van der Waals surface area contributed by atoms with E-state index < -0.39 is 31.2 Å². The normalized spacial score (nSPS) is 20.1. The van der Waals surface area contributed by atoms with E-state index in [2.05, 4.69) is 27.7 Å². The van der Waals surface area contributed by atoms with Crippen LogP contribution in [0.3, 0.4) is 0 Å². The fourth-order valence-electron chi connectivity index (χ4n) is 3.50. The Morgan fingerprint density at radius 2 is 1.32 bits per heavy atom. The molecule has 0 aromatic heterocycles. The maximum Gasteiger partial charge on any atom is 0.159 e. The second-order valence-corrected chi connectivity index (χ2v) is 11.5. The van der Waals surface area contributed by atoms with Crippen LogP contribution in [0.4, 0.5) is 17.6 Å². The number of hydrogen-bond donors (Lipinski definition) is 0. The molecular weight excluding hydrogens is 402 g/mol. The molecule has 6 heteroatoms. The first-order valence-electron chi connectivity index (χ1n) is 9.05. The summed E-state index contributed by atoms with van der Waals surface area (Å²) in [5, 5.41) is 2.55. The van der Waals surface area contributed by atoms with Crippen molar-refractivity contribution in [2.75, 3.05) is 6.16 Å². The van der Waals surface area contributed by atoms with Gasteiger partial charge in [0.1, 0.15) is 0 Å². The fourth-order valence-corrected chi connectivity index (χ4v) is 7.84. The lowest BCUT2D eigenvalue weighted by atomic mass is 9.94.